The molecule has 0 atom stereocenters. The highest BCUT2D eigenvalue weighted by Gasteiger charge is 2.20. The molecule has 1 rings (SSSR count). The van der Waals surface area contributed by atoms with Gasteiger partial charge in [-0.1, -0.05) is 0 Å². The molecule has 1 saturated carbocycles. The molecule has 0 aliphatic heterocycles. The van der Waals surface area contributed by atoms with Gasteiger partial charge in [0.25, 0.3) is 0 Å². The Labute approximate surface area is 114 Å². The summed E-state index contributed by atoms with van der Waals surface area (Å²) in [5.74, 6) is -0.924. The first kappa shape index (κ1) is 15.5. The molecular formula is C15H22O4. The Morgan fingerprint density at radius 3 is 2.32 bits per heavy atom. The maximum atomic E-state index is 11.7. The summed E-state index contributed by atoms with van der Waals surface area (Å²) >= 11 is 0. The van der Waals surface area contributed by atoms with Gasteiger partial charge in [0.2, 0.25) is 0 Å². The topological polar surface area (TPSA) is 52.6 Å². The normalized spacial score (nSPS) is 15.6. The van der Waals surface area contributed by atoms with Crippen molar-refractivity contribution in [2.24, 2.45) is 0 Å². The van der Waals surface area contributed by atoms with E-state index in [1.807, 2.05) is 0 Å². The minimum Gasteiger partial charge on any atom is -0.459 e. The predicted octanol–water partition coefficient (Wildman–Crippen LogP) is 2.92. The molecule has 4 nitrogen and oxygen atoms in total. The summed E-state index contributed by atoms with van der Waals surface area (Å²) in [7, 11) is 0. The molecule has 0 amide bonds. The third kappa shape index (κ3) is 6.25. The number of carbonyl (C=O) groups excluding carboxylic acids is 2. The molecule has 4 heteroatoms. The van der Waals surface area contributed by atoms with Crippen molar-refractivity contribution in [1.82, 2.24) is 0 Å². The van der Waals surface area contributed by atoms with Crippen LogP contribution in [0.1, 0.15) is 53.4 Å². The lowest BCUT2D eigenvalue weighted by Gasteiger charge is -2.17. The molecule has 1 aliphatic rings. The van der Waals surface area contributed by atoms with Gasteiger partial charge in [-0.3, -0.25) is 0 Å². The molecule has 0 unspecified atom stereocenters. The van der Waals surface area contributed by atoms with Crippen molar-refractivity contribution in [3.8, 4) is 0 Å². The first-order chi connectivity index (χ1) is 8.78. The zero-order chi connectivity index (χ0) is 14.5. The van der Waals surface area contributed by atoms with Crippen LogP contribution in [0, 0.1) is 0 Å². The van der Waals surface area contributed by atoms with Gasteiger partial charge < -0.3 is 9.47 Å². The number of carbonyl (C=O) groups is 2. The number of hydrogen-bond donors (Lipinski definition) is 0. The van der Waals surface area contributed by atoms with Crippen molar-refractivity contribution in [2.45, 2.75) is 65.1 Å². The van der Waals surface area contributed by atoms with E-state index >= 15 is 0 Å². The van der Waals surface area contributed by atoms with Gasteiger partial charge in [-0.15, -0.1) is 5.73 Å². The van der Waals surface area contributed by atoms with E-state index < -0.39 is 17.5 Å². The van der Waals surface area contributed by atoms with Crippen molar-refractivity contribution in [3.63, 3.8) is 0 Å². The Hall–Kier alpha value is -1.54. The number of hydrogen-bond acceptors (Lipinski definition) is 4. The molecule has 0 radical (unpaired) electrons. The average molecular weight is 266 g/mol. The lowest BCUT2D eigenvalue weighted by Crippen LogP contribution is -2.22. The van der Waals surface area contributed by atoms with E-state index in [0.717, 1.165) is 31.8 Å². The molecule has 0 N–H and O–H groups in total. The Kier molecular flexibility index (Phi) is 5.37. The van der Waals surface area contributed by atoms with Crippen LogP contribution >= 0.6 is 0 Å². The van der Waals surface area contributed by atoms with Crippen LogP contribution in [0.15, 0.2) is 17.4 Å². The van der Waals surface area contributed by atoms with E-state index in [4.69, 9.17) is 9.47 Å². The quantitative estimate of drug-likeness (QED) is 0.448. The summed E-state index contributed by atoms with van der Waals surface area (Å²) in [5.41, 5.74) is 2.36. The maximum Gasteiger partial charge on any atom is 0.341 e. The van der Waals surface area contributed by atoms with Crippen molar-refractivity contribution >= 4 is 11.9 Å². The van der Waals surface area contributed by atoms with Gasteiger partial charge in [0.1, 0.15) is 11.7 Å². The molecule has 0 aromatic carbocycles. The van der Waals surface area contributed by atoms with Crippen molar-refractivity contribution in [3.05, 3.63) is 17.4 Å². The molecule has 19 heavy (non-hydrogen) atoms. The first-order valence-corrected chi connectivity index (χ1v) is 6.65. The maximum absolute atomic E-state index is 11.7. The highest BCUT2D eigenvalue weighted by atomic mass is 16.6. The third-order valence-corrected chi connectivity index (χ3v) is 2.70. The van der Waals surface area contributed by atoms with Crippen molar-refractivity contribution < 1.29 is 19.1 Å². The van der Waals surface area contributed by atoms with Crippen LogP contribution in [0.4, 0.5) is 0 Å². The number of rotatable bonds is 3. The fourth-order valence-electron chi connectivity index (χ4n) is 1.80. The van der Waals surface area contributed by atoms with Gasteiger partial charge in [0.05, 0.1) is 11.6 Å². The van der Waals surface area contributed by atoms with E-state index in [0.29, 0.717) is 0 Å². The van der Waals surface area contributed by atoms with Crippen molar-refractivity contribution in [2.75, 3.05) is 0 Å². The second-order valence-corrected chi connectivity index (χ2v) is 5.76. The zero-order valence-electron chi connectivity index (χ0n) is 12.1. The second kappa shape index (κ2) is 6.58. The standard InChI is InChI=1S/C15H22O4/c1-11(9-10-13(16)19-15(2,3)4)14(17)18-12-7-5-6-8-12/h10,12H,5-8H2,1-4H3. The van der Waals surface area contributed by atoms with Crippen LogP contribution < -0.4 is 0 Å². The van der Waals surface area contributed by atoms with Crippen LogP contribution in [-0.4, -0.2) is 23.6 Å². The third-order valence-electron chi connectivity index (χ3n) is 2.70. The largest absolute Gasteiger partial charge is 0.459 e. The fourth-order valence-corrected chi connectivity index (χ4v) is 1.80. The summed E-state index contributed by atoms with van der Waals surface area (Å²) in [6.45, 7) is 6.93. The summed E-state index contributed by atoms with van der Waals surface area (Å²) in [4.78, 5) is 23.1. The van der Waals surface area contributed by atoms with Crippen molar-refractivity contribution in [1.29, 1.82) is 0 Å². The number of esters is 2. The molecular weight excluding hydrogens is 244 g/mol. The van der Waals surface area contributed by atoms with E-state index in [9.17, 15) is 9.59 Å². The van der Waals surface area contributed by atoms with E-state index in [1.54, 1.807) is 27.7 Å². The van der Waals surface area contributed by atoms with Gasteiger partial charge in [0, 0.05) is 0 Å². The highest BCUT2D eigenvalue weighted by Crippen LogP contribution is 2.21. The molecule has 0 aromatic heterocycles. The zero-order valence-corrected chi connectivity index (χ0v) is 12.1. The summed E-state index contributed by atoms with van der Waals surface area (Å²) < 4.78 is 10.4. The minimum absolute atomic E-state index is 0.0192. The van der Waals surface area contributed by atoms with E-state index in [2.05, 4.69) is 5.73 Å². The smallest absolute Gasteiger partial charge is 0.341 e. The molecule has 0 aromatic rings. The van der Waals surface area contributed by atoms with Gasteiger partial charge in [0.15, 0.2) is 0 Å². The molecule has 0 saturated heterocycles. The second-order valence-electron chi connectivity index (χ2n) is 5.76. The monoisotopic (exact) mass is 266 g/mol. The van der Waals surface area contributed by atoms with Gasteiger partial charge in [-0.05, 0) is 53.4 Å². The molecule has 106 valence electrons. The van der Waals surface area contributed by atoms with Crippen LogP contribution in [0.5, 0.6) is 0 Å². The van der Waals surface area contributed by atoms with Gasteiger partial charge >= 0.3 is 11.9 Å². The molecule has 0 heterocycles. The SMILES string of the molecule is CC(=C=CC(=O)OC(C)(C)C)C(=O)OC1CCCC1. The summed E-state index contributed by atoms with van der Waals surface area (Å²) in [6, 6.07) is 0. The van der Waals surface area contributed by atoms with Crippen LogP contribution in [0.3, 0.4) is 0 Å². The molecule has 1 aliphatic carbocycles. The van der Waals surface area contributed by atoms with Crippen LogP contribution in [0.2, 0.25) is 0 Å². The molecule has 1 fully saturated rings. The molecule has 0 bridgehead atoms. The van der Waals surface area contributed by atoms with Crippen LogP contribution in [-0.2, 0) is 19.1 Å². The Morgan fingerprint density at radius 2 is 1.79 bits per heavy atom. The minimum atomic E-state index is -0.548. The predicted molar refractivity (Wildman–Crippen MR) is 71.5 cm³/mol. The van der Waals surface area contributed by atoms with Crippen LogP contribution in [0.25, 0.3) is 0 Å². The lowest BCUT2D eigenvalue weighted by atomic mass is 10.2. The first-order valence-electron chi connectivity index (χ1n) is 6.65. The fraction of sp³-hybridized carbons (Fsp3) is 0.667. The van der Waals surface area contributed by atoms with Gasteiger partial charge in [-0.2, -0.15) is 0 Å². The number of ether oxygens (including phenoxy) is 2. The summed E-state index contributed by atoms with van der Waals surface area (Å²) in [5, 5.41) is 0. The highest BCUT2D eigenvalue weighted by molar-refractivity contribution is 5.89. The Morgan fingerprint density at radius 1 is 1.21 bits per heavy atom. The Balaban J connectivity index is 2.54. The van der Waals surface area contributed by atoms with E-state index in [-0.39, 0.29) is 11.7 Å². The Bertz CT molecular complexity index is 402. The average Bonchev–Trinajstić information content (AvgIpc) is 2.76. The van der Waals surface area contributed by atoms with Gasteiger partial charge in [-0.25, -0.2) is 9.59 Å². The van der Waals surface area contributed by atoms with E-state index in [1.165, 1.54) is 0 Å². The lowest BCUT2D eigenvalue weighted by molar-refractivity contribution is -0.148. The molecule has 0 spiro atoms. The summed E-state index contributed by atoms with van der Waals surface area (Å²) in [6.07, 6.45) is 5.22.